The first-order chi connectivity index (χ1) is 12.2. The van der Waals surface area contributed by atoms with Gasteiger partial charge in [-0.05, 0) is 43.2 Å². The van der Waals surface area contributed by atoms with Crippen LogP contribution in [0.3, 0.4) is 0 Å². The van der Waals surface area contributed by atoms with Crippen molar-refractivity contribution in [2.24, 2.45) is 0 Å². The van der Waals surface area contributed by atoms with Crippen molar-refractivity contribution in [3.8, 4) is 10.6 Å². The number of nitrogens with zero attached hydrogens (tertiary/aromatic N) is 3. The molecule has 0 bridgehead atoms. The van der Waals surface area contributed by atoms with E-state index in [9.17, 15) is 9.59 Å². The fourth-order valence-electron chi connectivity index (χ4n) is 3.61. The van der Waals surface area contributed by atoms with Crippen molar-refractivity contribution in [2.45, 2.75) is 44.4 Å². The molecule has 6 nitrogen and oxygen atoms in total. The number of rotatable bonds is 4. The molecule has 132 valence electrons. The maximum Gasteiger partial charge on any atom is 0.266 e. The van der Waals surface area contributed by atoms with Crippen LogP contribution in [0.25, 0.3) is 10.6 Å². The van der Waals surface area contributed by atoms with Crippen molar-refractivity contribution in [1.29, 1.82) is 0 Å². The van der Waals surface area contributed by atoms with Gasteiger partial charge in [0.25, 0.3) is 11.5 Å². The lowest BCUT2D eigenvalue weighted by Gasteiger charge is -2.27. The molecule has 2 aliphatic heterocycles. The highest BCUT2D eigenvalue weighted by Gasteiger charge is 2.35. The Morgan fingerprint density at radius 3 is 2.96 bits per heavy atom. The van der Waals surface area contributed by atoms with Gasteiger partial charge >= 0.3 is 0 Å². The molecule has 0 aliphatic carbocycles. The van der Waals surface area contributed by atoms with Gasteiger partial charge in [-0.3, -0.25) is 9.59 Å². The van der Waals surface area contributed by atoms with Crippen molar-refractivity contribution in [2.75, 3.05) is 13.2 Å². The van der Waals surface area contributed by atoms with Gasteiger partial charge in [0.05, 0.1) is 17.5 Å². The van der Waals surface area contributed by atoms with E-state index in [2.05, 4.69) is 5.10 Å². The molecule has 0 unspecified atom stereocenters. The van der Waals surface area contributed by atoms with Gasteiger partial charge in [-0.2, -0.15) is 5.10 Å². The number of hydrogen-bond donors (Lipinski definition) is 0. The molecule has 2 aromatic rings. The summed E-state index contributed by atoms with van der Waals surface area (Å²) < 4.78 is 7.04. The minimum absolute atomic E-state index is 0.0143. The molecule has 2 fully saturated rings. The topological polar surface area (TPSA) is 64.4 Å². The van der Waals surface area contributed by atoms with Crippen LogP contribution in [-0.2, 0) is 16.1 Å². The van der Waals surface area contributed by atoms with E-state index in [1.54, 1.807) is 23.5 Å². The van der Waals surface area contributed by atoms with Crippen LogP contribution in [0.1, 0.15) is 25.7 Å². The van der Waals surface area contributed by atoms with Gasteiger partial charge in [-0.25, -0.2) is 4.68 Å². The summed E-state index contributed by atoms with van der Waals surface area (Å²) in [6, 6.07) is 7.29. The van der Waals surface area contributed by atoms with Crippen LogP contribution in [0.4, 0.5) is 0 Å². The summed E-state index contributed by atoms with van der Waals surface area (Å²) in [5, 5.41) is 6.51. The van der Waals surface area contributed by atoms with E-state index < -0.39 is 0 Å². The average Bonchev–Trinajstić information content (AvgIpc) is 3.38. The number of amides is 1. The maximum atomic E-state index is 12.7. The van der Waals surface area contributed by atoms with Gasteiger partial charge in [0.1, 0.15) is 11.8 Å². The first kappa shape index (κ1) is 16.5. The fourth-order valence-corrected chi connectivity index (χ4v) is 4.30. The van der Waals surface area contributed by atoms with Gasteiger partial charge < -0.3 is 9.64 Å². The van der Waals surface area contributed by atoms with E-state index >= 15 is 0 Å². The number of hydrogen-bond acceptors (Lipinski definition) is 5. The zero-order valence-electron chi connectivity index (χ0n) is 14.0. The van der Waals surface area contributed by atoms with E-state index in [0.29, 0.717) is 13.2 Å². The third-order valence-electron chi connectivity index (χ3n) is 4.89. The fraction of sp³-hybridized carbons (Fsp3) is 0.500. The molecule has 2 saturated heterocycles. The van der Waals surface area contributed by atoms with E-state index in [4.69, 9.17) is 4.74 Å². The molecule has 2 aromatic heterocycles. The smallest absolute Gasteiger partial charge is 0.266 e. The summed E-state index contributed by atoms with van der Waals surface area (Å²) in [6.07, 6.45) is 3.30. The number of carbonyl (C=O) groups excluding carboxylic acids is 1. The molecule has 2 atom stereocenters. The minimum Gasteiger partial charge on any atom is -0.368 e. The summed E-state index contributed by atoms with van der Waals surface area (Å²) in [7, 11) is 0. The van der Waals surface area contributed by atoms with Crippen molar-refractivity contribution in [1.82, 2.24) is 14.7 Å². The molecule has 0 saturated carbocycles. The second-order valence-electron chi connectivity index (χ2n) is 6.55. The van der Waals surface area contributed by atoms with Crippen LogP contribution in [0, 0.1) is 0 Å². The lowest BCUT2D eigenvalue weighted by atomic mass is 10.2. The minimum atomic E-state index is -0.303. The second kappa shape index (κ2) is 7.09. The highest BCUT2D eigenvalue weighted by molar-refractivity contribution is 7.13. The van der Waals surface area contributed by atoms with Gasteiger partial charge in [-0.15, -0.1) is 11.3 Å². The predicted octanol–water partition coefficient (Wildman–Crippen LogP) is 2.14. The Morgan fingerprint density at radius 1 is 1.28 bits per heavy atom. The molecular weight excluding hydrogens is 338 g/mol. The van der Waals surface area contributed by atoms with Crippen molar-refractivity contribution in [3.05, 3.63) is 40.0 Å². The summed E-state index contributed by atoms with van der Waals surface area (Å²) in [5.41, 5.74) is 0.668. The third-order valence-corrected chi connectivity index (χ3v) is 5.78. The number of aromatic nitrogens is 2. The molecule has 4 heterocycles. The number of ether oxygens (including phenoxy) is 1. The lowest BCUT2D eigenvalue weighted by Crippen LogP contribution is -2.45. The Bertz CT molecular complexity index is 796. The van der Waals surface area contributed by atoms with Crippen molar-refractivity contribution in [3.63, 3.8) is 0 Å². The average molecular weight is 359 g/mol. The Morgan fingerprint density at radius 2 is 2.20 bits per heavy atom. The number of likely N-dealkylation sites (tertiary alicyclic amines) is 1. The van der Waals surface area contributed by atoms with Crippen LogP contribution in [0.5, 0.6) is 0 Å². The summed E-state index contributed by atoms with van der Waals surface area (Å²) in [5.74, 6) is 0.0717. The summed E-state index contributed by atoms with van der Waals surface area (Å²) in [6.45, 7) is 1.85. The van der Waals surface area contributed by atoms with Gasteiger partial charge in [0.2, 0.25) is 0 Å². The quantitative estimate of drug-likeness (QED) is 0.839. The van der Waals surface area contributed by atoms with E-state index in [-0.39, 0.29) is 23.6 Å². The summed E-state index contributed by atoms with van der Waals surface area (Å²) in [4.78, 5) is 27.8. The standard InChI is InChI=1S/C18H21N3O3S/c22-17-8-7-14(16-6-3-11-25-16)19-21(17)12-13-4-1-9-20(13)18(23)15-5-2-10-24-15/h3,6-8,11,13,15H,1-2,4-5,9-10,12H2/t13-,15-/m1/s1. The Hall–Kier alpha value is -1.99. The highest BCUT2D eigenvalue weighted by atomic mass is 32.1. The van der Waals surface area contributed by atoms with Crippen LogP contribution in [0.2, 0.25) is 0 Å². The zero-order valence-corrected chi connectivity index (χ0v) is 14.8. The molecule has 1 amide bonds. The second-order valence-corrected chi connectivity index (χ2v) is 7.49. The molecule has 4 rings (SSSR count). The summed E-state index contributed by atoms with van der Waals surface area (Å²) >= 11 is 1.60. The third kappa shape index (κ3) is 3.39. The van der Waals surface area contributed by atoms with Crippen LogP contribution in [-0.4, -0.2) is 45.9 Å². The van der Waals surface area contributed by atoms with Crippen molar-refractivity contribution < 1.29 is 9.53 Å². The van der Waals surface area contributed by atoms with Gasteiger partial charge in [-0.1, -0.05) is 6.07 Å². The largest absolute Gasteiger partial charge is 0.368 e. The Labute approximate surface area is 150 Å². The lowest BCUT2D eigenvalue weighted by molar-refractivity contribution is -0.142. The van der Waals surface area contributed by atoms with Crippen molar-refractivity contribution >= 4 is 17.2 Å². The maximum absolute atomic E-state index is 12.7. The highest BCUT2D eigenvalue weighted by Crippen LogP contribution is 2.24. The monoisotopic (exact) mass is 359 g/mol. The molecule has 0 aromatic carbocycles. The first-order valence-corrected chi connectivity index (χ1v) is 9.64. The van der Waals surface area contributed by atoms with E-state index in [1.165, 1.54) is 4.68 Å². The normalized spacial score (nSPS) is 23.3. The van der Waals surface area contributed by atoms with E-state index in [1.807, 2.05) is 22.4 Å². The van der Waals surface area contributed by atoms with Gasteiger partial charge in [0, 0.05) is 19.2 Å². The molecular formula is C18H21N3O3S. The Kier molecular flexibility index (Phi) is 4.67. The molecule has 0 N–H and O–H groups in total. The molecule has 2 aliphatic rings. The van der Waals surface area contributed by atoms with Crippen LogP contribution < -0.4 is 5.56 Å². The predicted molar refractivity (Wildman–Crippen MR) is 95.5 cm³/mol. The molecule has 0 spiro atoms. The van der Waals surface area contributed by atoms with E-state index in [0.717, 1.165) is 42.8 Å². The van der Waals surface area contributed by atoms with Crippen LogP contribution in [0.15, 0.2) is 34.4 Å². The number of carbonyl (C=O) groups is 1. The molecule has 25 heavy (non-hydrogen) atoms. The molecule has 0 radical (unpaired) electrons. The zero-order chi connectivity index (χ0) is 17.2. The Balaban J connectivity index is 1.53. The first-order valence-electron chi connectivity index (χ1n) is 8.76. The number of thiophene rings is 1. The molecule has 7 heteroatoms. The SMILES string of the molecule is O=C([C@H]1CCCO1)N1CCC[C@@H]1Cn1nc(-c2cccs2)ccc1=O. The van der Waals surface area contributed by atoms with Gasteiger partial charge in [0.15, 0.2) is 0 Å². The van der Waals surface area contributed by atoms with Crippen LogP contribution >= 0.6 is 11.3 Å².